The van der Waals surface area contributed by atoms with Crippen LogP contribution >= 0.6 is 0 Å². The summed E-state index contributed by atoms with van der Waals surface area (Å²) in [5.41, 5.74) is 0. The van der Waals surface area contributed by atoms with Crippen LogP contribution in [0.2, 0.25) is 0 Å². The lowest BCUT2D eigenvalue weighted by atomic mass is 10.2. The van der Waals surface area contributed by atoms with Gasteiger partial charge in [0.15, 0.2) is 0 Å². The molecule has 17 heavy (non-hydrogen) atoms. The highest BCUT2D eigenvalue weighted by atomic mass is 19.4. The summed E-state index contributed by atoms with van der Waals surface area (Å²) >= 11 is 0. The van der Waals surface area contributed by atoms with Gasteiger partial charge in [0.1, 0.15) is 5.82 Å². The van der Waals surface area contributed by atoms with Gasteiger partial charge in [0.05, 0.1) is 13.0 Å². The molecule has 1 atom stereocenters. The Labute approximate surface area is 99.0 Å². The first-order valence-corrected chi connectivity index (χ1v) is 5.72. The lowest BCUT2D eigenvalue weighted by Crippen LogP contribution is -2.31. The van der Waals surface area contributed by atoms with Crippen molar-refractivity contribution < 1.29 is 13.2 Å². The SMILES string of the molecule is CCCn1ccnc1CNC(C)CC(F)(F)F. The maximum Gasteiger partial charge on any atom is 0.390 e. The van der Waals surface area contributed by atoms with Crippen molar-refractivity contribution in [3.63, 3.8) is 0 Å². The van der Waals surface area contributed by atoms with Gasteiger partial charge >= 0.3 is 6.18 Å². The Bertz CT molecular complexity index is 333. The molecule has 98 valence electrons. The lowest BCUT2D eigenvalue weighted by molar-refractivity contribution is -0.139. The van der Waals surface area contributed by atoms with Crippen LogP contribution in [0, 0.1) is 0 Å². The molecule has 0 aromatic carbocycles. The minimum absolute atomic E-state index is 0.365. The van der Waals surface area contributed by atoms with E-state index in [0.29, 0.717) is 6.54 Å². The molecule has 0 saturated carbocycles. The highest BCUT2D eigenvalue weighted by Crippen LogP contribution is 2.21. The largest absolute Gasteiger partial charge is 0.390 e. The van der Waals surface area contributed by atoms with Gasteiger partial charge in [-0.05, 0) is 13.3 Å². The molecule has 0 amide bonds. The van der Waals surface area contributed by atoms with E-state index < -0.39 is 18.6 Å². The number of hydrogen-bond acceptors (Lipinski definition) is 2. The van der Waals surface area contributed by atoms with Crippen molar-refractivity contribution in [2.24, 2.45) is 0 Å². The second kappa shape index (κ2) is 6.05. The molecule has 0 fully saturated rings. The van der Waals surface area contributed by atoms with Crippen molar-refractivity contribution in [2.45, 2.75) is 52.0 Å². The van der Waals surface area contributed by atoms with Crippen LogP contribution in [0.5, 0.6) is 0 Å². The van der Waals surface area contributed by atoms with Crippen LogP contribution in [0.1, 0.15) is 32.5 Å². The summed E-state index contributed by atoms with van der Waals surface area (Å²) in [6.07, 6.45) is -0.454. The summed E-state index contributed by atoms with van der Waals surface area (Å²) in [5.74, 6) is 0.779. The van der Waals surface area contributed by atoms with Crippen LogP contribution in [0.25, 0.3) is 0 Å². The van der Waals surface area contributed by atoms with Gasteiger partial charge in [-0.2, -0.15) is 13.2 Å². The number of alkyl halides is 3. The van der Waals surface area contributed by atoms with E-state index in [2.05, 4.69) is 10.3 Å². The maximum absolute atomic E-state index is 12.1. The number of aromatic nitrogens is 2. The second-order valence-corrected chi connectivity index (χ2v) is 4.14. The summed E-state index contributed by atoms with van der Waals surface area (Å²) in [7, 11) is 0. The van der Waals surface area contributed by atoms with Gasteiger partial charge in [-0.3, -0.25) is 0 Å². The van der Waals surface area contributed by atoms with Gasteiger partial charge in [0, 0.05) is 25.0 Å². The van der Waals surface area contributed by atoms with E-state index in [-0.39, 0.29) is 0 Å². The molecule has 1 aromatic heterocycles. The fourth-order valence-corrected chi connectivity index (χ4v) is 1.64. The van der Waals surface area contributed by atoms with Crippen LogP contribution in [0.4, 0.5) is 13.2 Å². The quantitative estimate of drug-likeness (QED) is 0.840. The Morgan fingerprint density at radius 2 is 2.18 bits per heavy atom. The summed E-state index contributed by atoms with van der Waals surface area (Å²) in [4.78, 5) is 4.12. The monoisotopic (exact) mass is 249 g/mol. The molecule has 0 aliphatic heterocycles. The van der Waals surface area contributed by atoms with Gasteiger partial charge in [-0.25, -0.2) is 4.98 Å². The van der Waals surface area contributed by atoms with E-state index in [0.717, 1.165) is 18.8 Å². The van der Waals surface area contributed by atoms with Crippen LogP contribution in [0.3, 0.4) is 0 Å². The molecule has 1 N–H and O–H groups in total. The Morgan fingerprint density at radius 1 is 1.47 bits per heavy atom. The number of hydrogen-bond donors (Lipinski definition) is 1. The van der Waals surface area contributed by atoms with Crippen molar-refractivity contribution >= 4 is 0 Å². The molecule has 6 heteroatoms. The third kappa shape index (κ3) is 5.21. The zero-order valence-electron chi connectivity index (χ0n) is 10.1. The fourth-order valence-electron chi connectivity index (χ4n) is 1.64. The smallest absolute Gasteiger partial charge is 0.334 e. The van der Waals surface area contributed by atoms with E-state index >= 15 is 0 Å². The van der Waals surface area contributed by atoms with Gasteiger partial charge in [-0.1, -0.05) is 6.92 Å². The summed E-state index contributed by atoms with van der Waals surface area (Å²) in [6.45, 7) is 4.78. The maximum atomic E-state index is 12.1. The van der Waals surface area contributed by atoms with E-state index in [1.165, 1.54) is 6.92 Å². The third-order valence-electron chi connectivity index (χ3n) is 2.41. The molecule has 0 spiro atoms. The van der Waals surface area contributed by atoms with Crippen molar-refractivity contribution in [1.82, 2.24) is 14.9 Å². The highest BCUT2D eigenvalue weighted by Gasteiger charge is 2.29. The first-order valence-electron chi connectivity index (χ1n) is 5.72. The van der Waals surface area contributed by atoms with Crippen LogP contribution in [-0.4, -0.2) is 21.8 Å². The number of rotatable bonds is 6. The van der Waals surface area contributed by atoms with Crippen LogP contribution < -0.4 is 5.32 Å². The molecule has 0 bridgehead atoms. The fraction of sp³-hybridized carbons (Fsp3) is 0.727. The Balaban J connectivity index is 2.41. The van der Waals surface area contributed by atoms with E-state index in [4.69, 9.17) is 0 Å². The summed E-state index contributed by atoms with van der Waals surface area (Å²) in [6, 6.07) is -0.596. The molecular weight excluding hydrogens is 231 g/mol. The molecule has 1 rings (SSSR count). The van der Waals surface area contributed by atoms with Gasteiger partial charge in [0.2, 0.25) is 0 Å². The molecule has 1 unspecified atom stereocenters. The van der Waals surface area contributed by atoms with E-state index in [1.54, 1.807) is 6.20 Å². The topological polar surface area (TPSA) is 29.9 Å². The number of nitrogens with one attached hydrogen (secondary N) is 1. The third-order valence-corrected chi connectivity index (χ3v) is 2.41. The zero-order valence-corrected chi connectivity index (χ0v) is 10.1. The van der Waals surface area contributed by atoms with Crippen LogP contribution in [-0.2, 0) is 13.1 Å². The Hall–Kier alpha value is -1.04. The molecule has 0 aliphatic carbocycles. The predicted molar refractivity (Wildman–Crippen MR) is 59.5 cm³/mol. The molecular formula is C11H18F3N3. The average Bonchev–Trinajstić information content (AvgIpc) is 2.60. The minimum atomic E-state index is -4.12. The number of imidazole rings is 1. The first-order chi connectivity index (χ1) is 7.92. The Kier molecular flexibility index (Phi) is 4.99. The lowest BCUT2D eigenvalue weighted by Gasteiger charge is -2.16. The van der Waals surface area contributed by atoms with Crippen molar-refractivity contribution in [3.8, 4) is 0 Å². The number of aryl methyl sites for hydroxylation is 1. The average molecular weight is 249 g/mol. The molecule has 0 radical (unpaired) electrons. The molecule has 1 heterocycles. The molecule has 3 nitrogen and oxygen atoms in total. The summed E-state index contributed by atoms with van der Waals surface area (Å²) in [5, 5.41) is 2.84. The van der Waals surface area contributed by atoms with Gasteiger partial charge in [-0.15, -0.1) is 0 Å². The number of nitrogens with zero attached hydrogens (tertiary/aromatic N) is 2. The van der Waals surface area contributed by atoms with Crippen molar-refractivity contribution in [2.75, 3.05) is 0 Å². The minimum Gasteiger partial charge on any atom is -0.334 e. The van der Waals surface area contributed by atoms with Crippen molar-refractivity contribution in [3.05, 3.63) is 18.2 Å². The molecule has 0 aliphatic rings. The predicted octanol–water partition coefficient (Wildman–Crippen LogP) is 2.72. The van der Waals surface area contributed by atoms with Crippen LogP contribution in [0.15, 0.2) is 12.4 Å². The molecule has 0 saturated heterocycles. The second-order valence-electron chi connectivity index (χ2n) is 4.14. The zero-order chi connectivity index (χ0) is 12.9. The summed E-state index contributed by atoms with van der Waals surface area (Å²) < 4.78 is 38.3. The first kappa shape index (κ1) is 14.0. The standard InChI is InChI=1S/C11H18F3N3/c1-3-5-17-6-4-15-10(17)8-16-9(2)7-11(12,13)14/h4,6,9,16H,3,5,7-8H2,1-2H3. The van der Waals surface area contributed by atoms with Gasteiger partial charge < -0.3 is 9.88 Å². The van der Waals surface area contributed by atoms with E-state index in [9.17, 15) is 13.2 Å². The van der Waals surface area contributed by atoms with Gasteiger partial charge in [0.25, 0.3) is 0 Å². The van der Waals surface area contributed by atoms with E-state index in [1.807, 2.05) is 17.7 Å². The van der Waals surface area contributed by atoms with Crippen molar-refractivity contribution in [1.29, 1.82) is 0 Å². The highest BCUT2D eigenvalue weighted by molar-refractivity contribution is 4.92. The normalized spacial score (nSPS) is 13.9. The Morgan fingerprint density at radius 3 is 2.76 bits per heavy atom. The molecule has 1 aromatic rings. The number of halogens is 3.